The number of nitrogens with zero attached hydrogens (tertiary/aromatic N) is 2. The highest BCUT2D eigenvalue weighted by Crippen LogP contribution is 2.24. The topological polar surface area (TPSA) is 28.2 Å². The lowest BCUT2D eigenvalue weighted by Gasteiger charge is -2.20. The largest absolute Gasteiger partial charge is 0.383 e. The molecule has 0 aliphatic carbocycles. The second kappa shape index (κ2) is 12.2. The van der Waals surface area contributed by atoms with E-state index in [0.29, 0.717) is 16.8 Å². The molecule has 1 aromatic heterocycles. The van der Waals surface area contributed by atoms with Crippen LogP contribution in [0.3, 0.4) is 0 Å². The standard InChI is InChI=1S/C15H18Cl3N3.2ClH/c16-4-8-21(9-5-17)10-7-20-14-3-6-19-15-11-12(18)1-2-13(14)15;;/h1-3,6,11H,4-5,7-10H2,(H,19,20);2*1H. The number of pyridine rings is 1. The van der Waals surface area contributed by atoms with Gasteiger partial charge in [0.05, 0.1) is 5.52 Å². The molecule has 1 heterocycles. The van der Waals surface area contributed by atoms with E-state index in [2.05, 4.69) is 15.2 Å². The van der Waals surface area contributed by atoms with Gasteiger partial charge in [0.25, 0.3) is 0 Å². The van der Waals surface area contributed by atoms with Crippen molar-refractivity contribution < 1.29 is 0 Å². The van der Waals surface area contributed by atoms with Gasteiger partial charge in [-0.25, -0.2) is 0 Å². The monoisotopic (exact) mass is 417 g/mol. The summed E-state index contributed by atoms with van der Waals surface area (Å²) in [5.41, 5.74) is 1.96. The average molecular weight is 420 g/mol. The number of halogens is 5. The van der Waals surface area contributed by atoms with Gasteiger partial charge in [0.1, 0.15) is 0 Å². The van der Waals surface area contributed by atoms with Gasteiger partial charge in [0.2, 0.25) is 0 Å². The van der Waals surface area contributed by atoms with Crippen molar-refractivity contribution in [1.82, 2.24) is 9.88 Å². The molecule has 0 radical (unpaired) electrons. The fourth-order valence-corrected chi connectivity index (χ4v) is 2.84. The van der Waals surface area contributed by atoms with Crippen LogP contribution in [0.25, 0.3) is 10.9 Å². The van der Waals surface area contributed by atoms with E-state index in [-0.39, 0.29) is 24.8 Å². The van der Waals surface area contributed by atoms with Crippen LogP contribution < -0.4 is 5.32 Å². The zero-order valence-corrected chi connectivity index (χ0v) is 16.4. The smallest absolute Gasteiger partial charge is 0.0737 e. The first-order valence-corrected chi connectivity index (χ1v) is 8.31. The Labute approximate surface area is 164 Å². The summed E-state index contributed by atoms with van der Waals surface area (Å²) in [6.07, 6.45) is 1.79. The van der Waals surface area contributed by atoms with Crippen LogP contribution in [0.5, 0.6) is 0 Å². The predicted octanol–water partition coefficient (Wildman–Crippen LogP) is 4.92. The van der Waals surface area contributed by atoms with Crippen molar-refractivity contribution in [1.29, 1.82) is 0 Å². The van der Waals surface area contributed by atoms with E-state index in [1.807, 2.05) is 24.3 Å². The molecule has 23 heavy (non-hydrogen) atoms. The number of hydrogen-bond donors (Lipinski definition) is 1. The molecule has 1 N–H and O–H groups in total. The minimum Gasteiger partial charge on any atom is -0.383 e. The Balaban J connectivity index is 0.00000242. The Morgan fingerprint density at radius 1 is 1.00 bits per heavy atom. The Hall–Kier alpha value is -0.160. The molecule has 130 valence electrons. The van der Waals surface area contributed by atoms with E-state index in [1.54, 1.807) is 6.20 Å². The second-order valence-corrected chi connectivity index (χ2v) is 5.86. The van der Waals surface area contributed by atoms with Crippen LogP contribution in [0, 0.1) is 0 Å². The molecule has 0 amide bonds. The van der Waals surface area contributed by atoms with Gasteiger partial charge in [0, 0.05) is 60.2 Å². The SMILES string of the molecule is Cl.Cl.ClCCN(CCCl)CCNc1ccnc2cc(Cl)ccc12. The van der Waals surface area contributed by atoms with E-state index >= 15 is 0 Å². The number of benzene rings is 1. The third kappa shape index (κ3) is 7.08. The number of rotatable bonds is 8. The molecule has 8 heteroatoms. The van der Waals surface area contributed by atoms with Crippen LogP contribution in [-0.2, 0) is 0 Å². The fourth-order valence-electron chi connectivity index (χ4n) is 2.20. The van der Waals surface area contributed by atoms with Gasteiger partial charge in [-0.1, -0.05) is 11.6 Å². The van der Waals surface area contributed by atoms with Crippen LogP contribution in [-0.4, -0.2) is 47.8 Å². The molecule has 0 fully saturated rings. The predicted molar refractivity (Wildman–Crippen MR) is 108 cm³/mol. The molecule has 2 aromatic rings. The van der Waals surface area contributed by atoms with Gasteiger partial charge in [-0.05, 0) is 24.3 Å². The summed E-state index contributed by atoms with van der Waals surface area (Å²) in [4.78, 5) is 6.58. The number of alkyl halides is 2. The summed E-state index contributed by atoms with van der Waals surface area (Å²) in [5.74, 6) is 1.24. The second-order valence-electron chi connectivity index (χ2n) is 4.67. The molecule has 0 atom stereocenters. The molecule has 0 aliphatic heterocycles. The number of anilines is 1. The summed E-state index contributed by atoms with van der Waals surface area (Å²) < 4.78 is 0. The summed E-state index contributed by atoms with van der Waals surface area (Å²) in [6, 6.07) is 7.71. The molecule has 1 aromatic carbocycles. The van der Waals surface area contributed by atoms with Crippen molar-refractivity contribution in [3.63, 3.8) is 0 Å². The molecule has 2 rings (SSSR count). The number of nitrogens with one attached hydrogen (secondary N) is 1. The highest BCUT2D eigenvalue weighted by atomic mass is 35.5. The van der Waals surface area contributed by atoms with Gasteiger partial charge < -0.3 is 5.32 Å². The zero-order chi connectivity index (χ0) is 15.1. The first kappa shape index (κ1) is 22.8. The first-order valence-electron chi connectivity index (χ1n) is 6.87. The molecule has 0 unspecified atom stereocenters. The third-order valence-electron chi connectivity index (χ3n) is 3.25. The van der Waals surface area contributed by atoms with E-state index in [9.17, 15) is 0 Å². The average Bonchev–Trinajstić information content (AvgIpc) is 2.47. The summed E-state index contributed by atoms with van der Waals surface area (Å²) >= 11 is 17.6. The maximum atomic E-state index is 5.99. The van der Waals surface area contributed by atoms with Gasteiger partial charge in [-0.3, -0.25) is 9.88 Å². The third-order valence-corrected chi connectivity index (χ3v) is 3.82. The maximum absolute atomic E-state index is 5.99. The number of fused-ring (bicyclic) bond motifs is 1. The van der Waals surface area contributed by atoms with Gasteiger partial charge in [0.15, 0.2) is 0 Å². The van der Waals surface area contributed by atoms with Crippen molar-refractivity contribution in [2.75, 3.05) is 43.3 Å². The van der Waals surface area contributed by atoms with Crippen LogP contribution in [0.2, 0.25) is 5.02 Å². The quantitative estimate of drug-likeness (QED) is 0.616. The van der Waals surface area contributed by atoms with Crippen LogP contribution in [0.4, 0.5) is 5.69 Å². The van der Waals surface area contributed by atoms with Crippen molar-refractivity contribution in [3.05, 3.63) is 35.5 Å². The number of hydrogen-bond acceptors (Lipinski definition) is 3. The summed E-state index contributed by atoms with van der Waals surface area (Å²) in [7, 11) is 0. The van der Waals surface area contributed by atoms with Crippen LogP contribution in [0.1, 0.15) is 0 Å². The van der Waals surface area contributed by atoms with E-state index < -0.39 is 0 Å². The van der Waals surface area contributed by atoms with Gasteiger partial charge in [-0.2, -0.15) is 0 Å². The lowest BCUT2D eigenvalue weighted by atomic mass is 10.2. The normalized spacial score (nSPS) is 10.3. The maximum Gasteiger partial charge on any atom is 0.0737 e. The van der Waals surface area contributed by atoms with Crippen molar-refractivity contribution in [3.8, 4) is 0 Å². The molecule has 0 aliphatic rings. The minimum atomic E-state index is 0. The molecule has 0 saturated carbocycles. The molecule has 0 saturated heterocycles. The Morgan fingerprint density at radius 2 is 1.70 bits per heavy atom. The van der Waals surface area contributed by atoms with E-state index in [0.717, 1.165) is 42.8 Å². The van der Waals surface area contributed by atoms with Crippen molar-refractivity contribution >= 4 is 76.2 Å². The molecular weight excluding hydrogens is 399 g/mol. The van der Waals surface area contributed by atoms with Gasteiger partial charge >= 0.3 is 0 Å². The van der Waals surface area contributed by atoms with Crippen molar-refractivity contribution in [2.45, 2.75) is 0 Å². The van der Waals surface area contributed by atoms with Crippen LogP contribution >= 0.6 is 59.6 Å². The van der Waals surface area contributed by atoms with Crippen molar-refractivity contribution in [2.24, 2.45) is 0 Å². The fraction of sp³-hybridized carbons (Fsp3) is 0.400. The molecular formula is C15H20Cl5N3. The zero-order valence-electron chi connectivity index (χ0n) is 12.5. The minimum absolute atomic E-state index is 0. The molecule has 0 bridgehead atoms. The Kier molecular flexibility index (Phi) is 12.2. The Bertz CT molecular complexity index is 576. The van der Waals surface area contributed by atoms with Crippen LogP contribution in [0.15, 0.2) is 30.5 Å². The summed E-state index contributed by atoms with van der Waals surface area (Å²) in [5, 5.41) is 5.21. The lowest BCUT2D eigenvalue weighted by molar-refractivity contribution is 0.319. The molecule has 3 nitrogen and oxygen atoms in total. The highest BCUT2D eigenvalue weighted by molar-refractivity contribution is 6.31. The van der Waals surface area contributed by atoms with E-state index in [1.165, 1.54) is 0 Å². The first-order chi connectivity index (χ1) is 10.2. The lowest BCUT2D eigenvalue weighted by Crippen LogP contribution is -2.32. The van der Waals surface area contributed by atoms with E-state index in [4.69, 9.17) is 34.8 Å². The highest BCUT2D eigenvalue weighted by Gasteiger charge is 2.05. The van der Waals surface area contributed by atoms with Gasteiger partial charge in [-0.15, -0.1) is 48.0 Å². The Morgan fingerprint density at radius 3 is 2.35 bits per heavy atom. The summed E-state index contributed by atoms with van der Waals surface area (Å²) in [6.45, 7) is 3.43. The number of aromatic nitrogens is 1. The molecule has 0 spiro atoms.